The van der Waals surface area contributed by atoms with E-state index in [9.17, 15) is 9.18 Å². The summed E-state index contributed by atoms with van der Waals surface area (Å²) in [5.41, 5.74) is 1.04. The van der Waals surface area contributed by atoms with Gasteiger partial charge in [0.15, 0.2) is 0 Å². The molecule has 1 amide bonds. The summed E-state index contributed by atoms with van der Waals surface area (Å²) in [6, 6.07) is 1.98. The second-order valence-electron chi connectivity index (χ2n) is 8.01. The smallest absolute Gasteiger partial charge is 0.209 e. The van der Waals surface area contributed by atoms with Crippen LogP contribution in [0.25, 0.3) is 12.2 Å². The first-order chi connectivity index (χ1) is 16.3. The van der Waals surface area contributed by atoms with Crippen LogP contribution in [0.2, 0.25) is 0 Å². The summed E-state index contributed by atoms with van der Waals surface area (Å²) < 4.78 is 13.0. The molecule has 0 aliphatic carbocycles. The number of nitrogens with one attached hydrogen (secondary N) is 2. The molecule has 2 heterocycles. The quantitative estimate of drug-likeness (QED) is 0.399. The number of hydrogen-bond donors (Lipinski definition) is 2. The average Bonchev–Trinajstić information content (AvgIpc) is 2.84. The molecule has 2 rings (SSSR count). The Labute approximate surface area is 209 Å². The molecule has 1 aliphatic rings. The standard InChI is InChI=1S/C20H28N2S.C7H13FN2O/c1-7-10-16(5)23-19(11-8-2)15(4)12-18-13-20(21-6)22-14-17(18)9-3;1-9-7-2-3-10(5-11)4-6(7)8/h9-14,21H,4,7-8H2,1-3,5-6H3;5-7,9H,2-4H2,1H3/b16-10+,17-9-,18-12-,19-11-;/t;6?,7-/m.0/s1. The first kappa shape index (κ1) is 29.7. The lowest BCUT2D eigenvalue weighted by Crippen LogP contribution is -2.49. The van der Waals surface area contributed by atoms with E-state index in [0.717, 1.165) is 34.7 Å². The van der Waals surface area contributed by atoms with Crippen molar-refractivity contribution >= 4 is 36.1 Å². The number of anilines is 1. The number of alkyl halides is 1. The Morgan fingerprint density at radius 3 is 2.53 bits per heavy atom. The van der Waals surface area contributed by atoms with Gasteiger partial charge in [-0.2, -0.15) is 0 Å². The van der Waals surface area contributed by atoms with Gasteiger partial charge in [-0.3, -0.25) is 4.79 Å². The molecule has 0 bridgehead atoms. The van der Waals surface area contributed by atoms with Crippen molar-refractivity contribution in [1.82, 2.24) is 15.2 Å². The zero-order valence-corrected chi connectivity index (χ0v) is 22.3. The van der Waals surface area contributed by atoms with Crippen LogP contribution in [0.15, 0.2) is 46.4 Å². The third-order valence-electron chi connectivity index (χ3n) is 5.43. The van der Waals surface area contributed by atoms with Gasteiger partial charge in [-0.15, -0.1) is 0 Å². The monoisotopic (exact) mass is 488 g/mol. The van der Waals surface area contributed by atoms with Crippen LogP contribution in [0.1, 0.15) is 47.0 Å². The van der Waals surface area contributed by atoms with Gasteiger partial charge in [-0.25, -0.2) is 9.37 Å². The molecule has 34 heavy (non-hydrogen) atoms. The van der Waals surface area contributed by atoms with Crippen LogP contribution in [0.5, 0.6) is 0 Å². The minimum absolute atomic E-state index is 0.0776. The van der Waals surface area contributed by atoms with Gasteiger partial charge in [0.05, 0.1) is 6.54 Å². The Morgan fingerprint density at radius 1 is 1.29 bits per heavy atom. The number of hydrogen-bond acceptors (Lipinski definition) is 5. The van der Waals surface area contributed by atoms with Gasteiger partial charge in [-0.1, -0.05) is 50.4 Å². The van der Waals surface area contributed by atoms with Crippen molar-refractivity contribution in [2.45, 2.75) is 59.2 Å². The highest BCUT2D eigenvalue weighted by molar-refractivity contribution is 8.06. The van der Waals surface area contributed by atoms with E-state index in [1.54, 1.807) is 18.8 Å². The summed E-state index contributed by atoms with van der Waals surface area (Å²) in [5.74, 6) is 0.866. The Bertz CT molecular complexity index is 973. The average molecular weight is 489 g/mol. The predicted octanol–water partition coefficient (Wildman–Crippen LogP) is 4.38. The Balaban J connectivity index is 0.000000437. The summed E-state index contributed by atoms with van der Waals surface area (Å²) in [6.07, 6.45) is 13.1. The van der Waals surface area contributed by atoms with Gasteiger partial charge in [0.2, 0.25) is 6.41 Å². The van der Waals surface area contributed by atoms with E-state index in [-0.39, 0.29) is 12.6 Å². The maximum Gasteiger partial charge on any atom is 0.209 e. The molecule has 1 aromatic heterocycles. The number of piperidine rings is 1. The van der Waals surface area contributed by atoms with E-state index < -0.39 is 6.17 Å². The summed E-state index contributed by atoms with van der Waals surface area (Å²) >= 11 is 1.79. The lowest BCUT2D eigenvalue weighted by atomic mass is 10.0. The van der Waals surface area contributed by atoms with Crippen LogP contribution in [-0.2, 0) is 4.79 Å². The van der Waals surface area contributed by atoms with E-state index in [2.05, 4.69) is 73.3 Å². The lowest BCUT2D eigenvalue weighted by Gasteiger charge is -2.31. The first-order valence-corrected chi connectivity index (χ1v) is 12.7. The van der Waals surface area contributed by atoms with Crippen LogP contribution in [-0.4, -0.2) is 55.7 Å². The molecule has 1 fully saturated rings. The summed E-state index contributed by atoms with van der Waals surface area (Å²) in [4.78, 5) is 18.6. The van der Waals surface area contributed by atoms with Crippen molar-refractivity contribution < 1.29 is 9.18 Å². The summed E-state index contributed by atoms with van der Waals surface area (Å²) in [6.45, 7) is 13.7. The molecule has 1 unspecified atom stereocenters. The maximum atomic E-state index is 13.0. The van der Waals surface area contributed by atoms with Crippen LogP contribution in [0.3, 0.4) is 0 Å². The Hall–Kier alpha value is -2.38. The lowest BCUT2D eigenvalue weighted by molar-refractivity contribution is -0.120. The molecular formula is C27H41FN4OS. The maximum absolute atomic E-state index is 13.0. The number of rotatable bonds is 9. The van der Waals surface area contributed by atoms with Gasteiger partial charge in [-0.05, 0) is 73.2 Å². The Kier molecular flexibility index (Phi) is 14.2. The van der Waals surface area contributed by atoms with E-state index in [1.807, 2.05) is 20.2 Å². The normalized spacial score (nSPS) is 20.0. The van der Waals surface area contributed by atoms with E-state index in [0.29, 0.717) is 19.4 Å². The molecule has 5 nitrogen and oxygen atoms in total. The fourth-order valence-corrected chi connectivity index (χ4v) is 4.56. The number of thioether (sulfide) groups is 1. The van der Waals surface area contributed by atoms with E-state index in [1.165, 1.54) is 14.7 Å². The van der Waals surface area contributed by atoms with Gasteiger partial charge >= 0.3 is 0 Å². The molecule has 2 N–H and O–H groups in total. The predicted molar refractivity (Wildman–Crippen MR) is 147 cm³/mol. The first-order valence-electron chi connectivity index (χ1n) is 11.9. The van der Waals surface area contributed by atoms with Crippen LogP contribution >= 0.6 is 11.8 Å². The van der Waals surface area contributed by atoms with Crippen molar-refractivity contribution in [2.24, 2.45) is 0 Å². The molecule has 2 atom stereocenters. The highest BCUT2D eigenvalue weighted by Gasteiger charge is 2.26. The number of allylic oxidation sites excluding steroid dienone is 4. The zero-order chi connectivity index (χ0) is 25.5. The molecule has 0 spiro atoms. The summed E-state index contributed by atoms with van der Waals surface area (Å²) in [5, 5.41) is 8.23. The fraction of sp³-hybridized carbons (Fsp3) is 0.481. The number of carbonyl (C=O) groups is 1. The molecular weight excluding hydrogens is 447 g/mol. The molecule has 188 valence electrons. The van der Waals surface area contributed by atoms with Crippen molar-refractivity contribution in [3.63, 3.8) is 0 Å². The molecule has 7 heteroatoms. The molecule has 1 saturated heterocycles. The Morgan fingerprint density at radius 2 is 2.00 bits per heavy atom. The van der Waals surface area contributed by atoms with Gasteiger partial charge in [0.25, 0.3) is 0 Å². The van der Waals surface area contributed by atoms with Crippen LogP contribution in [0, 0.1) is 0 Å². The highest BCUT2D eigenvalue weighted by atomic mass is 32.2. The van der Waals surface area contributed by atoms with Crippen molar-refractivity contribution in [3.8, 4) is 0 Å². The van der Waals surface area contributed by atoms with Crippen molar-refractivity contribution in [2.75, 3.05) is 32.5 Å². The third-order valence-corrected chi connectivity index (χ3v) is 6.56. The third kappa shape index (κ3) is 9.85. The number of likely N-dealkylation sites (tertiary alicyclic amines) is 1. The fourth-order valence-electron chi connectivity index (χ4n) is 3.52. The number of carbonyl (C=O) groups excluding carboxylic acids is 1. The topological polar surface area (TPSA) is 57.3 Å². The van der Waals surface area contributed by atoms with Crippen molar-refractivity contribution in [3.05, 3.63) is 56.8 Å². The molecule has 0 aromatic carbocycles. The van der Waals surface area contributed by atoms with Gasteiger partial charge < -0.3 is 15.5 Å². The summed E-state index contributed by atoms with van der Waals surface area (Å²) in [7, 11) is 3.63. The molecule has 0 radical (unpaired) electrons. The van der Waals surface area contributed by atoms with Gasteiger partial charge in [0.1, 0.15) is 12.0 Å². The minimum atomic E-state index is -0.918. The number of aromatic nitrogens is 1. The van der Waals surface area contributed by atoms with Crippen molar-refractivity contribution in [1.29, 1.82) is 0 Å². The largest absolute Gasteiger partial charge is 0.373 e. The van der Waals surface area contributed by atoms with Crippen LogP contribution in [0.4, 0.5) is 10.2 Å². The second-order valence-corrected chi connectivity index (χ2v) is 9.30. The highest BCUT2D eigenvalue weighted by Crippen LogP contribution is 2.31. The SMILES string of the molecule is C=C(/C=c1/cc(NC)nc/c1=C/C)/C(=C/CC)S/C(C)=C/CC.CN[C@H]1CCN(C=O)CC1F. The zero-order valence-electron chi connectivity index (χ0n) is 21.5. The molecule has 0 saturated carbocycles. The van der Waals surface area contributed by atoms with E-state index in [4.69, 9.17) is 0 Å². The molecule has 1 aliphatic heterocycles. The minimum Gasteiger partial charge on any atom is -0.373 e. The molecule has 1 aromatic rings. The number of amides is 1. The van der Waals surface area contributed by atoms with Crippen LogP contribution < -0.4 is 21.1 Å². The number of pyridine rings is 1. The van der Waals surface area contributed by atoms with E-state index >= 15 is 0 Å². The number of halogens is 1. The second kappa shape index (κ2) is 16.3. The number of nitrogens with zero attached hydrogens (tertiary/aromatic N) is 2. The van der Waals surface area contributed by atoms with Gasteiger partial charge in [0, 0.05) is 30.7 Å².